The first kappa shape index (κ1) is 21.3. The molecule has 1 amide bonds. The van der Waals surface area contributed by atoms with Gasteiger partial charge in [-0.1, -0.05) is 24.3 Å². The molecule has 1 aromatic carbocycles. The maximum absolute atomic E-state index is 13.2. The Morgan fingerprint density at radius 2 is 1.93 bits per heavy atom. The molecule has 0 atom stereocenters. The van der Waals surface area contributed by atoms with Gasteiger partial charge in [0.05, 0.1) is 25.0 Å². The molecule has 0 bridgehead atoms. The number of ketones is 1. The fourth-order valence-electron chi connectivity index (χ4n) is 2.84. The maximum atomic E-state index is 13.2. The number of aromatic nitrogens is 2. The van der Waals surface area contributed by atoms with Crippen molar-refractivity contribution in [3.8, 4) is 10.6 Å². The maximum Gasteiger partial charge on any atom is 0.325 e. The van der Waals surface area contributed by atoms with Crippen LogP contribution in [0.3, 0.4) is 0 Å². The van der Waals surface area contributed by atoms with Crippen molar-refractivity contribution in [3.63, 3.8) is 0 Å². The van der Waals surface area contributed by atoms with Gasteiger partial charge in [0.1, 0.15) is 16.4 Å². The van der Waals surface area contributed by atoms with Crippen LogP contribution in [0.2, 0.25) is 0 Å². The van der Waals surface area contributed by atoms with Crippen LogP contribution in [0.15, 0.2) is 48.7 Å². The van der Waals surface area contributed by atoms with Crippen molar-refractivity contribution in [3.05, 3.63) is 70.5 Å². The van der Waals surface area contributed by atoms with E-state index in [0.717, 1.165) is 5.56 Å². The van der Waals surface area contributed by atoms with Crippen LogP contribution >= 0.6 is 11.3 Å². The molecule has 0 fully saturated rings. The summed E-state index contributed by atoms with van der Waals surface area (Å²) in [5.41, 5.74) is 2.56. The van der Waals surface area contributed by atoms with Gasteiger partial charge in [-0.2, -0.15) is 0 Å². The molecule has 30 heavy (non-hydrogen) atoms. The van der Waals surface area contributed by atoms with E-state index in [-0.39, 0.29) is 24.8 Å². The van der Waals surface area contributed by atoms with E-state index in [1.807, 2.05) is 12.1 Å². The Labute approximate surface area is 178 Å². The number of ether oxygens (including phenoxy) is 1. The van der Waals surface area contributed by atoms with E-state index in [0.29, 0.717) is 26.8 Å². The summed E-state index contributed by atoms with van der Waals surface area (Å²) >= 11 is 1.23. The number of thiazole rings is 1. The highest BCUT2D eigenvalue weighted by molar-refractivity contribution is 7.17. The largest absolute Gasteiger partial charge is 0.468 e. The molecular formula is C22H21N3O4S. The summed E-state index contributed by atoms with van der Waals surface area (Å²) in [4.78, 5) is 47.4. The number of carbonyl (C=O) groups is 3. The summed E-state index contributed by atoms with van der Waals surface area (Å²) in [5.74, 6) is -0.882. The van der Waals surface area contributed by atoms with Crippen molar-refractivity contribution in [2.45, 2.75) is 20.4 Å². The number of rotatable bonds is 7. The normalized spacial score (nSPS) is 10.5. The first-order valence-electron chi connectivity index (χ1n) is 9.24. The highest BCUT2D eigenvalue weighted by atomic mass is 32.1. The molecule has 0 radical (unpaired) electrons. The number of hydrogen-bond acceptors (Lipinski definition) is 7. The van der Waals surface area contributed by atoms with Gasteiger partial charge in [0, 0.05) is 17.3 Å². The zero-order chi connectivity index (χ0) is 21.7. The van der Waals surface area contributed by atoms with Crippen LogP contribution in [0.5, 0.6) is 0 Å². The standard InChI is InChI=1S/C22H21N3O4S/c1-14-20(30-21(24-14)17-8-6-7-16(11-17)15(2)26)22(28)25(13-19(27)29-3)12-18-9-4-5-10-23-18/h4-11H,12-13H2,1-3H3. The van der Waals surface area contributed by atoms with Crippen LogP contribution < -0.4 is 0 Å². The second kappa shape index (κ2) is 9.41. The van der Waals surface area contributed by atoms with Crippen molar-refractivity contribution in [2.75, 3.05) is 13.7 Å². The highest BCUT2D eigenvalue weighted by Gasteiger charge is 2.25. The van der Waals surface area contributed by atoms with E-state index in [4.69, 9.17) is 4.74 Å². The Balaban J connectivity index is 1.92. The summed E-state index contributed by atoms with van der Waals surface area (Å²) in [6.45, 7) is 3.22. The number of benzene rings is 1. The van der Waals surface area contributed by atoms with E-state index >= 15 is 0 Å². The first-order chi connectivity index (χ1) is 14.4. The fourth-order valence-corrected chi connectivity index (χ4v) is 3.87. The van der Waals surface area contributed by atoms with Gasteiger partial charge in [0.2, 0.25) is 0 Å². The van der Waals surface area contributed by atoms with Gasteiger partial charge in [-0.15, -0.1) is 11.3 Å². The van der Waals surface area contributed by atoms with E-state index in [9.17, 15) is 14.4 Å². The smallest absolute Gasteiger partial charge is 0.325 e. The van der Waals surface area contributed by atoms with E-state index in [2.05, 4.69) is 9.97 Å². The minimum absolute atomic E-state index is 0.0407. The summed E-state index contributed by atoms with van der Waals surface area (Å²) in [6.07, 6.45) is 1.63. The number of carbonyl (C=O) groups excluding carboxylic acids is 3. The molecule has 7 nitrogen and oxygen atoms in total. The summed E-state index contributed by atoms with van der Waals surface area (Å²) in [5, 5.41) is 0.634. The van der Waals surface area contributed by atoms with Crippen molar-refractivity contribution < 1.29 is 19.1 Å². The Morgan fingerprint density at radius 1 is 1.13 bits per heavy atom. The molecule has 0 aliphatic rings. The van der Waals surface area contributed by atoms with Crippen LogP contribution in [0.4, 0.5) is 0 Å². The van der Waals surface area contributed by atoms with E-state index in [1.165, 1.54) is 30.3 Å². The number of esters is 1. The molecule has 0 N–H and O–H groups in total. The monoisotopic (exact) mass is 423 g/mol. The average molecular weight is 423 g/mol. The Morgan fingerprint density at radius 3 is 2.60 bits per heavy atom. The van der Waals surface area contributed by atoms with Crippen molar-refractivity contribution in [1.29, 1.82) is 0 Å². The molecule has 0 aliphatic carbocycles. The van der Waals surface area contributed by atoms with Crippen molar-refractivity contribution in [2.24, 2.45) is 0 Å². The third-order valence-electron chi connectivity index (χ3n) is 4.42. The minimum Gasteiger partial charge on any atom is -0.468 e. The number of Topliss-reactive ketones (excluding diaryl/α,β-unsaturated/α-hetero) is 1. The van der Waals surface area contributed by atoms with Crippen LogP contribution in [0.1, 0.15) is 38.3 Å². The number of aryl methyl sites for hydroxylation is 1. The zero-order valence-corrected chi connectivity index (χ0v) is 17.7. The van der Waals surface area contributed by atoms with E-state index in [1.54, 1.807) is 43.5 Å². The van der Waals surface area contributed by atoms with Crippen LogP contribution in [-0.2, 0) is 16.1 Å². The van der Waals surface area contributed by atoms with Gasteiger partial charge in [0.25, 0.3) is 5.91 Å². The number of methoxy groups -OCH3 is 1. The lowest BCUT2D eigenvalue weighted by atomic mass is 10.1. The second-order valence-corrected chi connectivity index (χ2v) is 7.63. The summed E-state index contributed by atoms with van der Waals surface area (Å²) in [7, 11) is 1.28. The molecule has 154 valence electrons. The third kappa shape index (κ3) is 4.96. The van der Waals surface area contributed by atoms with Gasteiger partial charge in [0.15, 0.2) is 5.78 Å². The lowest BCUT2D eigenvalue weighted by Crippen LogP contribution is -2.36. The summed E-state index contributed by atoms with van der Waals surface area (Å²) < 4.78 is 4.75. The quantitative estimate of drug-likeness (QED) is 0.427. The molecule has 3 aromatic rings. The fraction of sp³-hybridized carbons (Fsp3) is 0.227. The lowest BCUT2D eigenvalue weighted by Gasteiger charge is -2.20. The number of nitrogens with zero attached hydrogens (tertiary/aromatic N) is 3. The molecule has 0 saturated heterocycles. The topological polar surface area (TPSA) is 89.5 Å². The van der Waals surface area contributed by atoms with Gasteiger partial charge in [-0.3, -0.25) is 19.4 Å². The lowest BCUT2D eigenvalue weighted by molar-refractivity contribution is -0.141. The highest BCUT2D eigenvalue weighted by Crippen LogP contribution is 2.29. The minimum atomic E-state index is -0.518. The average Bonchev–Trinajstić information content (AvgIpc) is 3.15. The Kier molecular flexibility index (Phi) is 6.68. The molecular weight excluding hydrogens is 402 g/mol. The molecule has 0 unspecified atom stereocenters. The third-order valence-corrected chi connectivity index (χ3v) is 5.62. The predicted molar refractivity (Wildman–Crippen MR) is 113 cm³/mol. The number of amides is 1. The molecule has 0 aliphatic heterocycles. The number of hydrogen-bond donors (Lipinski definition) is 0. The number of pyridine rings is 1. The van der Waals surface area contributed by atoms with Gasteiger partial charge in [-0.25, -0.2) is 4.98 Å². The Hall–Kier alpha value is -3.39. The van der Waals surface area contributed by atoms with Crippen molar-refractivity contribution in [1.82, 2.24) is 14.9 Å². The SMILES string of the molecule is COC(=O)CN(Cc1ccccn1)C(=O)c1sc(-c2cccc(C(C)=O)c2)nc1C. The van der Waals surface area contributed by atoms with Gasteiger partial charge in [-0.05, 0) is 32.0 Å². The first-order valence-corrected chi connectivity index (χ1v) is 10.1. The zero-order valence-electron chi connectivity index (χ0n) is 16.9. The van der Waals surface area contributed by atoms with E-state index < -0.39 is 5.97 Å². The van der Waals surface area contributed by atoms with Crippen molar-refractivity contribution >= 4 is 29.0 Å². The second-order valence-electron chi connectivity index (χ2n) is 6.63. The van der Waals surface area contributed by atoms with Crippen LogP contribution in [0.25, 0.3) is 10.6 Å². The Bertz CT molecular complexity index is 1080. The summed E-state index contributed by atoms with van der Waals surface area (Å²) in [6, 6.07) is 12.5. The van der Waals surface area contributed by atoms with Gasteiger partial charge < -0.3 is 9.64 Å². The molecule has 2 aromatic heterocycles. The molecule has 3 rings (SSSR count). The van der Waals surface area contributed by atoms with Crippen LogP contribution in [0, 0.1) is 6.92 Å². The van der Waals surface area contributed by atoms with Crippen LogP contribution in [-0.4, -0.2) is 46.2 Å². The molecule has 2 heterocycles. The molecule has 8 heteroatoms. The molecule has 0 saturated carbocycles. The van der Waals surface area contributed by atoms with Gasteiger partial charge >= 0.3 is 5.97 Å². The predicted octanol–water partition coefficient (Wildman–Crippen LogP) is 3.53. The molecule has 0 spiro atoms.